The van der Waals surface area contributed by atoms with E-state index in [0.29, 0.717) is 6.61 Å². The third kappa shape index (κ3) is 2.48. The molecule has 73 valence electrons. The molecule has 0 spiro atoms. The van der Waals surface area contributed by atoms with Crippen molar-refractivity contribution in [2.75, 3.05) is 6.61 Å². The molecule has 2 rings (SSSR count). The van der Waals surface area contributed by atoms with Crippen LogP contribution in [0.1, 0.15) is 12.0 Å². The van der Waals surface area contributed by atoms with Crippen LogP contribution in [0.2, 0.25) is 5.02 Å². The summed E-state index contributed by atoms with van der Waals surface area (Å²) in [5.74, 6) is 0. The van der Waals surface area contributed by atoms with Crippen molar-refractivity contribution >= 4 is 18.0 Å². The molecule has 1 radical (unpaired) electrons. The van der Waals surface area contributed by atoms with Crippen LogP contribution in [0.3, 0.4) is 0 Å². The molecule has 1 aliphatic heterocycles. The monoisotopic (exact) mass is 208 g/mol. The zero-order valence-corrected chi connectivity index (χ0v) is 8.50. The topological polar surface area (TPSA) is 21.6 Å². The third-order valence-corrected chi connectivity index (χ3v) is 2.47. The largest absolute Gasteiger partial charge is 0.472 e. The predicted molar refractivity (Wildman–Crippen MR) is 56.9 cm³/mol. The summed E-state index contributed by atoms with van der Waals surface area (Å²) in [6.45, 7) is 0.667. The first-order chi connectivity index (χ1) is 6.84. The summed E-state index contributed by atoms with van der Waals surface area (Å²) >= 11 is 5.88. The van der Waals surface area contributed by atoms with E-state index in [1.165, 1.54) is 5.56 Å². The Morgan fingerprint density at radius 1 is 1.57 bits per heavy atom. The summed E-state index contributed by atoms with van der Waals surface area (Å²) in [7, 11) is 0. The van der Waals surface area contributed by atoms with E-state index in [2.05, 4.69) is 17.5 Å². The van der Waals surface area contributed by atoms with Gasteiger partial charge in [-0.15, -0.1) is 0 Å². The first-order valence-corrected chi connectivity index (χ1v) is 5.03. The predicted octanol–water partition coefficient (Wildman–Crippen LogP) is 2.58. The Balaban J connectivity index is 1.88. The van der Waals surface area contributed by atoms with Gasteiger partial charge in [-0.1, -0.05) is 23.7 Å². The van der Waals surface area contributed by atoms with Crippen molar-refractivity contribution in [3.8, 4) is 0 Å². The molecule has 0 fully saturated rings. The molecular formula is C11H11ClNO. The lowest BCUT2D eigenvalue weighted by atomic mass is 10.1. The average Bonchev–Trinajstić information content (AvgIpc) is 2.67. The number of ether oxygens (including phenoxy) is 1. The smallest absolute Gasteiger partial charge is 0.273 e. The standard InChI is InChI=1S/C11H11ClNO/c12-10-3-1-2-9(6-10)4-5-11-7-14-8-13-11/h1-3,6,11H,4-5,7H2. The number of hydrogen-bond donors (Lipinski definition) is 0. The molecule has 0 saturated carbocycles. The minimum absolute atomic E-state index is 0.272. The van der Waals surface area contributed by atoms with Crippen LogP contribution in [0.4, 0.5) is 0 Å². The number of rotatable bonds is 3. The van der Waals surface area contributed by atoms with Crippen LogP contribution >= 0.6 is 11.6 Å². The van der Waals surface area contributed by atoms with Gasteiger partial charge in [0.25, 0.3) is 6.40 Å². The molecule has 2 nitrogen and oxygen atoms in total. The fourth-order valence-corrected chi connectivity index (χ4v) is 1.67. The van der Waals surface area contributed by atoms with Crippen molar-refractivity contribution in [3.05, 3.63) is 34.9 Å². The minimum atomic E-state index is 0.272. The molecule has 1 aromatic rings. The van der Waals surface area contributed by atoms with Gasteiger partial charge in [0.2, 0.25) is 0 Å². The van der Waals surface area contributed by atoms with Crippen molar-refractivity contribution in [2.45, 2.75) is 18.9 Å². The van der Waals surface area contributed by atoms with Crippen LogP contribution in [0.25, 0.3) is 0 Å². The molecule has 0 aliphatic carbocycles. The van der Waals surface area contributed by atoms with E-state index in [-0.39, 0.29) is 6.04 Å². The molecule has 0 amide bonds. The van der Waals surface area contributed by atoms with Crippen LogP contribution in [0, 0.1) is 0 Å². The summed E-state index contributed by atoms with van der Waals surface area (Å²) in [4.78, 5) is 4.07. The van der Waals surface area contributed by atoms with Gasteiger partial charge in [0.05, 0.1) is 6.04 Å². The molecule has 0 aromatic heterocycles. The van der Waals surface area contributed by atoms with Crippen LogP contribution in [-0.4, -0.2) is 19.0 Å². The van der Waals surface area contributed by atoms with E-state index in [9.17, 15) is 0 Å². The Kier molecular flexibility index (Phi) is 3.04. The van der Waals surface area contributed by atoms with E-state index >= 15 is 0 Å². The van der Waals surface area contributed by atoms with Crippen molar-refractivity contribution in [2.24, 2.45) is 4.99 Å². The zero-order valence-electron chi connectivity index (χ0n) is 7.74. The van der Waals surface area contributed by atoms with Gasteiger partial charge in [-0.3, -0.25) is 0 Å². The normalized spacial score (nSPS) is 19.6. The molecular weight excluding hydrogens is 198 g/mol. The Labute approximate surface area is 88.6 Å². The van der Waals surface area contributed by atoms with Gasteiger partial charge < -0.3 is 4.74 Å². The molecule has 1 unspecified atom stereocenters. The number of aliphatic imine (C=N–C) groups is 1. The second-order valence-electron chi connectivity index (χ2n) is 3.35. The SMILES string of the molecule is Clc1cccc(CCC2CO[C]=N2)c1. The third-order valence-electron chi connectivity index (χ3n) is 2.23. The van der Waals surface area contributed by atoms with Gasteiger partial charge in [0.1, 0.15) is 6.61 Å². The molecule has 3 heteroatoms. The maximum Gasteiger partial charge on any atom is 0.273 e. The number of halogens is 1. The van der Waals surface area contributed by atoms with E-state index in [4.69, 9.17) is 16.3 Å². The highest BCUT2D eigenvalue weighted by atomic mass is 35.5. The fraction of sp³-hybridized carbons (Fsp3) is 0.364. The van der Waals surface area contributed by atoms with E-state index in [1.807, 2.05) is 18.2 Å². The van der Waals surface area contributed by atoms with Gasteiger partial charge in [-0.25, -0.2) is 4.99 Å². The first-order valence-electron chi connectivity index (χ1n) is 4.66. The van der Waals surface area contributed by atoms with Crippen LogP contribution < -0.4 is 0 Å². The summed E-state index contributed by atoms with van der Waals surface area (Å²) in [6.07, 6.45) is 4.50. The maximum absolute atomic E-state index is 5.88. The molecule has 1 aromatic carbocycles. The maximum atomic E-state index is 5.88. The molecule has 1 atom stereocenters. The lowest BCUT2D eigenvalue weighted by Crippen LogP contribution is -2.07. The summed E-state index contributed by atoms with van der Waals surface area (Å²) in [6, 6.07) is 8.20. The summed E-state index contributed by atoms with van der Waals surface area (Å²) < 4.78 is 4.93. The molecule has 1 aliphatic rings. The highest BCUT2D eigenvalue weighted by Gasteiger charge is 2.11. The molecule has 0 saturated heterocycles. The number of nitrogens with zero attached hydrogens (tertiary/aromatic N) is 1. The first kappa shape index (κ1) is 9.53. The lowest BCUT2D eigenvalue weighted by molar-refractivity contribution is 0.322. The highest BCUT2D eigenvalue weighted by molar-refractivity contribution is 6.30. The minimum Gasteiger partial charge on any atom is -0.472 e. The number of benzene rings is 1. The van der Waals surface area contributed by atoms with Crippen LogP contribution in [-0.2, 0) is 11.2 Å². The Morgan fingerprint density at radius 3 is 3.21 bits per heavy atom. The summed E-state index contributed by atoms with van der Waals surface area (Å²) in [5, 5.41) is 0.792. The van der Waals surface area contributed by atoms with Crippen molar-refractivity contribution in [1.29, 1.82) is 0 Å². The lowest BCUT2D eigenvalue weighted by Gasteiger charge is -2.05. The highest BCUT2D eigenvalue weighted by Crippen LogP contribution is 2.14. The van der Waals surface area contributed by atoms with Gasteiger partial charge in [-0.05, 0) is 30.5 Å². The number of aryl methyl sites for hydroxylation is 1. The van der Waals surface area contributed by atoms with E-state index in [1.54, 1.807) is 0 Å². The van der Waals surface area contributed by atoms with Crippen molar-refractivity contribution in [3.63, 3.8) is 0 Å². The van der Waals surface area contributed by atoms with Gasteiger partial charge in [0.15, 0.2) is 0 Å². The quantitative estimate of drug-likeness (QED) is 0.748. The molecule has 0 bridgehead atoms. The molecule has 1 heterocycles. The fourth-order valence-electron chi connectivity index (χ4n) is 1.46. The number of hydrogen-bond acceptors (Lipinski definition) is 2. The van der Waals surface area contributed by atoms with Crippen molar-refractivity contribution in [1.82, 2.24) is 0 Å². The van der Waals surface area contributed by atoms with Gasteiger partial charge in [-0.2, -0.15) is 0 Å². The second-order valence-corrected chi connectivity index (χ2v) is 3.79. The summed E-state index contributed by atoms with van der Waals surface area (Å²) in [5.41, 5.74) is 1.25. The van der Waals surface area contributed by atoms with Gasteiger partial charge in [0, 0.05) is 5.02 Å². The Bertz CT molecular complexity index is 338. The van der Waals surface area contributed by atoms with Crippen LogP contribution in [0.5, 0.6) is 0 Å². The van der Waals surface area contributed by atoms with E-state index in [0.717, 1.165) is 17.9 Å². The van der Waals surface area contributed by atoms with Gasteiger partial charge >= 0.3 is 0 Å². The molecule has 0 N–H and O–H groups in total. The second kappa shape index (κ2) is 4.47. The Hall–Kier alpha value is -1.02. The Morgan fingerprint density at radius 2 is 2.50 bits per heavy atom. The van der Waals surface area contributed by atoms with Crippen molar-refractivity contribution < 1.29 is 4.74 Å². The van der Waals surface area contributed by atoms with Crippen LogP contribution in [0.15, 0.2) is 29.3 Å². The average molecular weight is 209 g/mol. The molecule has 14 heavy (non-hydrogen) atoms. The van der Waals surface area contributed by atoms with E-state index < -0.39 is 0 Å². The zero-order chi connectivity index (χ0) is 9.80.